The van der Waals surface area contributed by atoms with Gasteiger partial charge in [0.25, 0.3) is 0 Å². The SMILES string of the molecule is CC(C)CCCN1CC[C@](C)(c2cccc(O)c2)[C@H](C)C1. The number of benzene rings is 1. The van der Waals surface area contributed by atoms with E-state index in [1.165, 1.54) is 44.5 Å². The van der Waals surface area contributed by atoms with E-state index in [9.17, 15) is 5.11 Å². The average molecular weight is 289 g/mol. The summed E-state index contributed by atoms with van der Waals surface area (Å²) in [7, 11) is 0. The predicted molar refractivity (Wildman–Crippen MR) is 89.8 cm³/mol. The van der Waals surface area contributed by atoms with Crippen molar-refractivity contribution in [3.05, 3.63) is 29.8 Å². The maximum atomic E-state index is 9.75. The van der Waals surface area contributed by atoms with Gasteiger partial charge in [-0.1, -0.05) is 39.8 Å². The summed E-state index contributed by atoms with van der Waals surface area (Å²) in [6.07, 6.45) is 3.82. The van der Waals surface area contributed by atoms with Crippen LogP contribution in [-0.2, 0) is 5.41 Å². The topological polar surface area (TPSA) is 23.5 Å². The van der Waals surface area contributed by atoms with E-state index in [-0.39, 0.29) is 5.41 Å². The van der Waals surface area contributed by atoms with Crippen LogP contribution in [0, 0.1) is 11.8 Å². The molecule has 1 aromatic carbocycles. The van der Waals surface area contributed by atoms with Crippen molar-refractivity contribution in [2.75, 3.05) is 19.6 Å². The van der Waals surface area contributed by atoms with Gasteiger partial charge in [0, 0.05) is 6.54 Å². The van der Waals surface area contributed by atoms with Crippen LogP contribution in [0.5, 0.6) is 5.75 Å². The average Bonchev–Trinajstić information content (AvgIpc) is 2.42. The highest BCUT2D eigenvalue weighted by Crippen LogP contribution is 2.40. The molecule has 1 aromatic rings. The van der Waals surface area contributed by atoms with Crippen LogP contribution < -0.4 is 0 Å². The Balaban J connectivity index is 1.97. The van der Waals surface area contributed by atoms with E-state index in [1.807, 2.05) is 12.1 Å². The van der Waals surface area contributed by atoms with Crippen molar-refractivity contribution < 1.29 is 5.11 Å². The molecule has 1 saturated heterocycles. The van der Waals surface area contributed by atoms with Crippen molar-refractivity contribution in [3.63, 3.8) is 0 Å². The van der Waals surface area contributed by atoms with Crippen LogP contribution in [0.15, 0.2) is 24.3 Å². The highest BCUT2D eigenvalue weighted by molar-refractivity contribution is 5.33. The number of phenolic OH excluding ortho intramolecular Hbond substituents is 1. The Morgan fingerprint density at radius 1 is 1.38 bits per heavy atom. The molecule has 1 N–H and O–H groups in total. The van der Waals surface area contributed by atoms with E-state index >= 15 is 0 Å². The van der Waals surface area contributed by atoms with E-state index in [1.54, 1.807) is 6.07 Å². The van der Waals surface area contributed by atoms with Gasteiger partial charge < -0.3 is 10.0 Å². The van der Waals surface area contributed by atoms with E-state index in [4.69, 9.17) is 0 Å². The summed E-state index contributed by atoms with van der Waals surface area (Å²) in [6, 6.07) is 7.85. The van der Waals surface area contributed by atoms with Crippen LogP contribution in [0.2, 0.25) is 0 Å². The second-order valence-electron chi connectivity index (χ2n) is 7.46. The van der Waals surface area contributed by atoms with E-state index < -0.39 is 0 Å². The summed E-state index contributed by atoms with van der Waals surface area (Å²) in [4.78, 5) is 2.62. The predicted octanol–water partition coefficient (Wildman–Crippen LogP) is 4.43. The van der Waals surface area contributed by atoms with Gasteiger partial charge in [0.2, 0.25) is 0 Å². The summed E-state index contributed by atoms with van der Waals surface area (Å²) in [5.74, 6) is 1.82. The first-order valence-electron chi connectivity index (χ1n) is 8.43. The summed E-state index contributed by atoms with van der Waals surface area (Å²) in [6.45, 7) is 12.9. The van der Waals surface area contributed by atoms with Crippen LogP contribution in [0.4, 0.5) is 0 Å². The Labute approximate surface area is 130 Å². The highest BCUT2D eigenvalue weighted by Gasteiger charge is 2.37. The minimum Gasteiger partial charge on any atom is -0.508 e. The Kier molecular flexibility index (Phi) is 5.32. The number of piperidine rings is 1. The first kappa shape index (κ1) is 16.4. The van der Waals surface area contributed by atoms with Crippen molar-refractivity contribution in [1.82, 2.24) is 4.90 Å². The molecule has 0 aromatic heterocycles. The smallest absolute Gasteiger partial charge is 0.115 e. The van der Waals surface area contributed by atoms with Crippen LogP contribution in [0.1, 0.15) is 52.5 Å². The molecule has 21 heavy (non-hydrogen) atoms. The largest absolute Gasteiger partial charge is 0.508 e. The Bertz CT molecular complexity index is 457. The van der Waals surface area contributed by atoms with Gasteiger partial charge >= 0.3 is 0 Å². The monoisotopic (exact) mass is 289 g/mol. The van der Waals surface area contributed by atoms with Gasteiger partial charge in [-0.25, -0.2) is 0 Å². The fraction of sp³-hybridized carbons (Fsp3) is 0.684. The zero-order valence-electron chi connectivity index (χ0n) is 14.1. The zero-order valence-corrected chi connectivity index (χ0v) is 14.1. The molecule has 0 unspecified atom stereocenters. The molecule has 1 fully saturated rings. The number of rotatable bonds is 5. The molecule has 2 nitrogen and oxygen atoms in total. The number of phenols is 1. The molecule has 2 atom stereocenters. The second kappa shape index (κ2) is 6.83. The van der Waals surface area contributed by atoms with Gasteiger partial charge in [0.05, 0.1) is 0 Å². The fourth-order valence-electron chi connectivity index (χ4n) is 3.53. The van der Waals surface area contributed by atoms with Gasteiger partial charge in [-0.05, 0) is 67.3 Å². The van der Waals surface area contributed by atoms with Crippen LogP contribution in [-0.4, -0.2) is 29.6 Å². The molecule has 2 heteroatoms. The third-order valence-corrected chi connectivity index (χ3v) is 5.33. The molecular weight excluding hydrogens is 258 g/mol. The van der Waals surface area contributed by atoms with E-state index in [2.05, 4.69) is 38.7 Å². The summed E-state index contributed by atoms with van der Waals surface area (Å²) in [5.41, 5.74) is 1.48. The number of hydrogen-bond donors (Lipinski definition) is 1. The number of hydrogen-bond acceptors (Lipinski definition) is 2. The molecule has 0 saturated carbocycles. The molecule has 1 heterocycles. The fourth-order valence-corrected chi connectivity index (χ4v) is 3.53. The summed E-state index contributed by atoms with van der Waals surface area (Å²) in [5, 5.41) is 9.75. The maximum absolute atomic E-state index is 9.75. The Morgan fingerprint density at radius 2 is 2.14 bits per heavy atom. The van der Waals surface area contributed by atoms with Crippen LogP contribution >= 0.6 is 0 Å². The van der Waals surface area contributed by atoms with Crippen molar-refractivity contribution in [2.24, 2.45) is 11.8 Å². The Morgan fingerprint density at radius 3 is 2.76 bits per heavy atom. The van der Waals surface area contributed by atoms with Crippen LogP contribution in [0.25, 0.3) is 0 Å². The maximum Gasteiger partial charge on any atom is 0.115 e. The molecule has 0 amide bonds. The van der Waals surface area contributed by atoms with Crippen molar-refractivity contribution >= 4 is 0 Å². The minimum absolute atomic E-state index is 0.188. The lowest BCUT2D eigenvalue weighted by Crippen LogP contribution is -2.47. The van der Waals surface area contributed by atoms with Crippen LogP contribution in [0.3, 0.4) is 0 Å². The Hall–Kier alpha value is -1.02. The van der Waals surface area contributed by atoms with Gasteiger partial charge in [0.15, 0.2) is 0 Å². The zero-order chi connectivity index (χ0) is 15.5. The molecule has 0 aliphatic carbocycles. The van der Waals surface area contributed by atoms with Crippen molar-refractivity contribution in [1.29, 1.82) is 0 Å². The third kappa shape index (κ3) is 4.00. The quantitative estimate of drug-likeness (QED) is 0.867. The third-order valence-electron chi connectivity index (χ3n) is 5.33. The molecule has 0 bridgehead atoms. The molecule has 1 aliphatic heterocycles. The summed E-state index contributed by atoms with van der Waals surface area (Å²) < 4.78 is 0. The van der Waals surface area contributed by atoms with E-state index in [0.717, 1.165) is 5.92 Å². The normalized spacial score (nSPS) is 27.2. The van der Waals surface area contributed by atoms with Gasteiger partial charge in [-0.2, -0.15) is 0 Å². The van der Waals surface area contributed by atoms with Crippen molar-refractivity contribution in [3.8, 4) is 5.75 Å². The molecule has 118 valence electrons. The van der Waals surface area contributed by atoms with Gasteiger partial charge in [-0.3, -0.25) is 0 Å². The molecular formula is C19H31NO. The standard InChI is InChI=1S/C19H31NO/c1-15(2)7-6-11-20-12-10-19(4,16(3)14-20)17-8-5-9-18(21)13-17/h5,8-9,13,15-16,21H,6-7,10-12,14H2,1-4H3/t16-,19+/m1/s1. The highest BCUT2D eigenvalue weighted by atomic mass is 16.3. The number of aromatic hydroxyl groups is 1. The first-order valence-corrected chi connectivity index (χ1v) is 8.43. The number of likely N-dealkylation sites (tertiary alicyclic amines) is 1. The summed E-state index contributed by atoms with van der Waals surface area (Å²) >= 11 is 0. The van der Waals surface area contributed by atoms with Crippen molar-refractivity contribution in [2.45, 2.75) is 52.4 Å². The lowest BCUT2D eigenvalue weighted by atomic mass is 9.68. The minimum atomic E-state index is 0.188. The lowest BCUT2D eigenvalue weighted by Gasteiger charge is -2.45. The number of nitrogens with zero attached hydrogens (tertiary/aromatic N) is 1. The lowest BCUT2D eigenvalue weighted by molar-refractivity contribution is 0.108. The van der Waals surface area contributed by atoms with Gasteiger partial charge in [-0.15, -0.1) is 0 Å². The van der Waals surface area contributed by atoms with Gasteiger partial charge in [0.1, 0.15) is 5.75 Å². The molecule has 0 spiro atoms. The first-order chi connectivity index (χ1) is 9.91. The van der Waals surface area contributed by atoms with E-state index in [0.29, 0.717) is 11.7 Å². The molecule has 2 rings (SSSR count). The molecule has 1 aliphatic rings. The second-order valence-corrected chi connectivity index (χ2v) is 7.46. The molecule has 0 radical (unpaired) electrons.